The van der Waals surface area contributed by atoms with Crippen molar-refractivity contribution in [3.05, 3.63) is 22.7 Å². The molecule has 0 radical (unpaired) electrons. The summed E-state index contributed by atoms with van der Waals surface area (Å²) in [6.45, 7) is 0. The molecule has 9 heteroatoms. The molecule has 0 bridgehead atoms. The first-order valence-electron chi connectivity index (χ1n) is 5.53. The highest BCUT2D eigenvalue weighted by Crippen LogP contribution is 2.30. The number of hydrogen-bond donors (Lipinski definition) is 3. The van der Waals surface area contributed by atoms with E-state index in [-0.39, 0.29) is 17.9 Å². The fraction of sp³-hybridized carbons (Fsp3) is 0.182. The fourth-order valence-corrected chi connectivity index (χ4v) is 1.83. The van der Waals surface area contributed by atoms with Crippen LogP contribution in [0.15, 0.2) is 22.7 Å². The van der Waals surface area contributed by atoms with Gasteiger partial charge in [0.05, 0.1) is 19.9 Å². The molecule has 2 aromatic rings. The van der Waals surface area contributed by atoms with Crippen LogP contribution in [0.3, 0.4) is 0 Å². The van der Waals surface area contributed by atoms with E-state index >= 15 is 0 Å². The van der Waals surface area contributed by atoms with E-state index < -0.39 is 0 Å². The molecule has 0 aliphatic rings. The third kappa shape index (κ3) is 3.25. The summed E-state index contributed by atoms with van der Waals surface area (Å²) in [6.07, 6.45) is 0. The number of nitrogens with two attached hydrogens (primary N) is 1. The number of ether oxygens (including phenoxy) is 2. The third-order valence-electron chi connectivity index (χ3n) is 2.33. The first-order valence-corrected chi connectivity index (χ1v) is 6.33. The van der Waals surface area contributed by atoms with E-state index in [1.54, 1.807) is 7.11 Å². The predicted octanol–water partition coefficient (Wildman–Crippen LogP) is 1.68. The minimum absolute atomic E-state index is 0.143. The highest BCUT2D eigenvalue weighted by molar-refractivity contribution is 9.10. The average molecular weight is 341 g/mol. The summed E-state index contributed by atoms with van der Waals surface area (Å²) in [4.78, 5) is 12.1. The van der Waals surface area contributed by atoms with Crippen molar-refractivity contribution in [3.8, 4) is 11.8 Å². The Morgan fingerprint density at radius 3 is 2.50 bits per heavy atom. The zero-order chi connectivity index (χ0) is 14.5. The molecule has 0 aliphatic carbocycles. The van der Waals surface area contributed by atoms with Gasteiger partial charge in [-0.1, -0.05) is 15.9 Å². The molecule has 0 unspecified atom stereocenters. The van der Waals surface area contributed by atoms with Crippen molar-refractivity contribution in [2.45, 2.75) is 0 Å². The molecule has 4 N–H and O–H groups in total. The minimum atomic E-state index is 0.143. The van der Waals surface area contributed by atoms with Gasteiger partial charge in [-0.2, -0.15) is 15.0 Å². The average Bonchev–Trinajstić information content (AvgIpc) is 2.47. The lowest BCUT2D eigenvalue weighted by Gasteiger charge is -2.11. The zero-order valence-electron chi connectivity index (χ0n) is 10.8. The lowest BCUT2D eigenvalue weighted by molar-refractivity contribution is 0.379. The number of nitrogens with one attached hydrogen (secondary N) is 2. The number of methoxy groups -OCH3 is 2. The molecular weight excluding hydrogens is 328 g/mol. The summed E-state index contributed by atoms with van der Waals surface area (Å²) in [6, 6.07) is 5.66. The number of nitrogens with zero attached hydrogens (tertiary/aromatic N) is 3. The van der Waals surface area contributed by atoms with Crippen molar-refractivity contribution in [2.24, 2.45) is 5.84 Å². The van der Waals surface area contributed by atoms with Gasteiger partial charge in [0.25, 0.3) is 0 Å². The Hall–Kier alpha value is -2.13. The molecule has 8 nitrogen and oxygen atoms in total. The fourth-order valence-electron chi connectivity index (χ4n) is 1.47. The number of benzene rings is 1. The molecular formula is C11H13BrN6O2. The van der Waals surface area contributed by atoms with Gasteiger partial charge in [0.2, 0.25) is 11.9 Å². The second-order valence-electron chi connectivity index (χ2n) is 3.58. The Morgan fingerprint density at radius 1 is 1.10 bits per heavy atom. The molecule has 1 heterocycles. The van der Waals surface area contributed by atoms with E-state index in [1.165, 1.54) is 7.11 Å². The van der Waals surface area contributed by atoms with Crippen LogP contribution >= 0.6 is 15.9 Å². The number of hydrazine groups is 1. The lowest BCUT2D eigenvalue weighted by atomic mass is 10.3. The lowest BCUT2D eigenvalue weighted by Crippen LogP contribution is -2.13. The maximum atomic E-state index is 5.30. The third-order valence-corrected chi connectivity index (χ3v) is 2.83. The van der Waals surface area contributed by atoms with Gasteiger partial charge < -0.3 is 14.8 Å². The molecule has 0 aliphatic heterocycles. The summed E-state index contributed by atoms with van der Waals surface area (Å²) in [5.74, 6) is 6.41. The van der Waals surface area contributed by atoms with Crippen molar-refractivity contribution < 1.29 is 9.47 Å². The van der Waals surface area contributed by atoms with Gasteiger partial charge in [-0.15, -0.1) is 0 Å². The number of hydrogen-bond acceptors (Lipinski definition) is 8. The number of anilines is 3. The second kappa shape index (κ2) is 6.35. The van der Waals surface area contributed by atoms with Crippen LogP contribution in [0.1, 0.15) is 0 Å². The summed E-state index contributed by atoms with van der Waals surface area (Å²) < 4.78 is 11.1. The maximum absolute atomic E-state index is 5.30. The van der Waals surface area contributed by atoms with Crippen LogP contribution in [0.25, 0.3) is 0 Å². The molecule has 0 fully saturated rings. The van der Waals surface area contributed by atoms with Crippen LogP contribution in [-0.4, -0.2) is 29.2 Å². The molecule has 0 saturated heterocycles. The molecule has 20 heavy (non-hydrogen) atoms. The van der Waals surface area contributed by atoms with E-state index in [9.17, 15) is 0 Å². The molecule has 1 aromatic carbocycles. The van der Waals surface area contributed by atoms with Crippen LogP contribution in [0, 0.1) is 0 Å². The smallest absolute Gasteiger partial charge is 0.322 e. The number of halogens is 1. The van der Waals surface area contributed by atoms with Crippen molar-refractivity contribution >= 4 is 33.5 Å². The Kier molecular flexibility index (Phi) is 4.53. The Morgan fingerprint density at radius 2 is 1.85 bits per heavy atom. The Labute approximate surface area is 123 Å². The van der Waals surface area contributed by atoms with Gasteiger partial charge in [-0.3, -0.25) is 5.43 Å². The van der Waals surface area contributed by atoms with E-state index in [1.807, 2.05) is 18.2 Å². The van der Waals surface area contributed by atoms with Crippen molar-refractivity contribution in [2.75, 3.05) is 25.0 Å². The molecule has 106 valence electrons. The summed E-state index contributed by atoms with van der Waals surface area (Å²) in [5.41, 5.74) is 3.04. The van der Waals surface area contributed by atoms with Crippen molar-refractivity contribution in [1.29, 1.82) is 0 Å². The molecule has 2 rings (SSSR count). The summed E-state index contributed by atoms with van der Waals surface area (Å²) in [7, 11) is 3.04. The standard InChI is InChI=1S/C11H13BrN6O2/c1-19-8-4-3-6(12)5-7(8)14-9-15-10(18-13)17-11(16-9)20-2/h3-5H,13H2,1-2H3,(H2,14,15,16,17,18). The Bertz CT molecular complexity index is 587. The SMILES string of the molecule is COc1nc(NN)nc(Nc2cc(Br)ccc2OC)n1. The van der Waals surface area contributed by atoms with Crippen LogP contribution in [0.2, 0.25) is 0 Å². The highest BCUT2D eigenvalue weighted by Gasteiger charge is 2.09. The molecule has 0 spiro atoms. The predicted molar refractivity (Wildman–Crippen MR) is 78.2 cm³/mol. The second-order valence-corrected chi connectivity index (χ2v) is 4.50. The van der Waals surface area contributed by atoms with Gasteiger partial charge >= 0.3 is 6.01 Å². The van der Waals surface area contributed by atoms with Crippen molar-refractivity contribution in [1.82, 2.24) is 15.0 Å². The highest BCUT2D eigenvalue weighted by atomic mass is 79.9. The quantitative estimate of drug-likeness (QED) is 0.557. The number of aromatic nitrogens is 3. The molecule has 0 saturated carbocycles. The summed E-state index contributed by atoms with van der Waals surface area (Å²) in [5, 5.41) is 3.02. The Balaban J connectivity index is 2.36. The first kappa shape index (κ1) is 14.3. The maximum Gasteiger partial charge on any atom is 0.322 e. The van der Waals surface area contributed by atoms with Gasteiger partial charge in [-0.05, 0) is 18.2 Å². The van der Waals surface area contributed by atoms with E-state index in [0.29, 0.717) is 11.4 Å². The van der Waals surface area contributed by atoms with E-state index in [2.05, 4.69) is 41.6 Å². The van der Waals surface area contributed by atoms with E-state index in [0.717, 1.165) is 4.47 Å². The first-order chi connectivity index (χ1) is 9.66. The number of nitrogen functional groups attached to an aromatic ring is 1. The molecule has 0 amide bonds. The monoisotopic (exact) mass is 340 g/mol. The van der Waals surface area contributed by atoms with Crippen LogP contribution < -0.4 is 26.1 Å². The van der Waals surface area contributed by atoms with Gasteiger partial charge in [0.15, 0.2) is 0 Å². The van der Waals surface area contributed by atoms with Crippen LogP contribution in [0.4, 0.5) is 17.6 Å². The summed E-state index contributed by atoms with van der Waals surface area (Å²) >= 11 is 3.39. The van der Waals surface area contributed by atoms with Crippen molar-refractivity contribution in [3.63, 3.8) is 0 Å². The largest absolute Gasteiger partial charge is 0.495 e. The normalized spacial score (nSPS) is 10.0. The van der Waals surface area contributed by atoms with Crippen LogP contribution in [-0.2, 0) is 0 Å². The van der Waals surface area contributed by atoms with Crippen LogP contribution in [0.5, 0.6) is 11.8 Å². The van der Waals surface area contributed by atoms with Gasteiger partial charge in [0, 0.05) is 4.47 Å². The molecule has 1 aromatic heterocycles. The minimum Gasteiger partial charge on any atom is -0.495 e. The van der Waals surface area contributed by atoms with E-state index in [4.69, 9.17) is 15.3 Å². The van der Waals surface area contributed by atoms with Gasteiger partial charge in [-0.25, -0.2) is 5.84 Å². The zero-order valence-corrected chi connectivity index (χ0v) is 12.4. The van der Waals surface area contributed by atoms with Gasteiger partial charge in [0.1, 0.15) is 5.75 Å². The molecule has 0 atom stereocenters. The topological polar surface area (TPSA) is 107 Å². The number of rotatable bonds is 5.